The maximum absolute atomic E-state index is 13.2. The third-order valence-electron chi connectivity index (χ3n) is 5.52. The van der Waals surface area contributed by atoms with E-state index in [1.54, 1.807) is 0 Å². The van der Waals surface area contributed by atoms with Crippen molar-refractivity contribution in [1.29, 1.82) is 0 Å². The zero-order valence-electron chi connectivity index (χ0n) is 21.0. The second kappa shape index (κ2) is 13.4. The summed E-state index contributed by atoms with van der Waals surface area (Å²) in [6.45, 7) is 0. The standard InChI is InChI=1S/C18H24F18N3P3/c19-13(20,21)1-7-40(8-2-14(22,23)24)37-41(9-3-15(25,26)27,10-4-16(28,29)30)39-42(38-40,11-5-17(31,32)33)12-6-18(34,35)36/h1-12H2. The lowest BCUT2D eigenvalue weighted by molar-refractivity contribution is -0.131. The lowest BCUT2D eigenvalue weighted by Crippen LogP contribution is -2.19. The lowest BCUT2D eigenvalue weighted by atomic mass is 10.5. The topological polar surface area (TPSA) is 37.1 Å². The molecule has 0 amide bonds. The van der Waals surface area contributed by atoms with Crippen LogP contribution in [0.15, 0.2) is 13.5 Å². The predicted octanol–water partition coefficient (Wildman–Crippen LogP) is 12.1. The Balaban J connectivity index is 4.20. The summed E-state index contributed by atoms with van der Waals surface area (Å²) in [5.74, 6) is 0. The van der Waals surface area contributed by atoms with Crippen LogP contribution in [0.4, 0.5) is 79.0 Å². The molecular weight excluding hydrogens is 693 g/mol. The molecule has 42 heavy (non-hydrogen) atoms. The molecule has 0 aromatic carbocycles. The van der Waals surface area contributed by atoms with Crippen molar-refractivity contribution in [3.63, 3.8) is 0 Å². The summed E-state index contributed by atoms with van der Waals surface area (Å²) < 4.78 is 248. The predicted molar refractivity (Wildman–Crippen MR) is 121 cm³/mol. The first-order chi connectivity index (χ1) is 18.4. The maximum Gasteiger partial charge on any atom is 0.389 e. The number of hydrogen-bond donors (Lipinski definition) is 0. The Morgan fingerprint density at radius 3 is 0.476 bits per heavy atom. The van der Waals surface area contributed by atoms with Crippen LogP contribution in [0, 0.1) is 0 Å². The molecule has 0 bridgehead atoms. The van der Waals surface area contributed by atoms with E-state index in [-0.39, 0.29) is 0 Å². The van der Waals surface area contributed by atoms with Crippen molar-refractivity contribution in [2.75, 3.05) is 37.0 Å². The smallest absolute Gasteiger partial charge is 0.241 e. The molecule has 1 heterocycles. The summed E-state index contributed by atoms with van der Waals surface area (Å²) in [5.41, 5.74) is 0. The van der Waals surface area contributed by atoms with Gasteiger partial charge in [-0.3, -0.25) is 0 Å². The molecular formula is C18H24F18N3P3. The molecule has 1 aliphatic rings. The van der Waals surface area contributed by atoms with Gasteiger partial charge < -0.3 is 0 Å². The van der Waals surface area contributed by atoms with Crippen molar-refractivity contribution >= 4 is 21.6 Å². The lowest BCUT2D eigenvalue weighted by Gasteiger charge is -2.38. The highest BCUT2D eigenvalue weighted by molar-refractivity contribution is 7.87. The van der Waals surface area contributed by atoms with Gasteiger partial charge in [0.1, 0.15) is 0 Å². The van der Waals surface area contributed by atoms with E-state index in [2.05, 4.69) is 13.5 Å². The van der Waals surface area contributed by atoms with Gasteiger partial charge in [0.15, 0.2) is 0 Å². The summed E-state index contributed by atoms with van der Waals surface area (Å²) in [6, 6.07) is 0. The highest BCUT2D eigenvalue weighted by Crippen LogP contribution is 2.80. The maximum atomic E-state index is 13.2. The van der Waals surface area contributed by atoms with Gasteiger partial charge in [-0.05, 0) is 0 Å². The normalized spacial score (nSPS) is 19.6. The Morgan fingerprint density at radius 1 is 0.262 bits per heavy atom. The van der Waals surface area contributed by atoms with Crippen LogP contribution in [0.1, 0.15) is 38.5 Å². The Labute approximate surface area is 227 Å². The molecule has 0 unspecified atom stereocenters. The van der Waals surface area contributed by atoms with Gasteiger partial charge in [-0.25, -0.2) is 13.5 Å². The van der Waals surface area contributed by atoms with Crippen LogP contribution < -0.4 is 0 Å². The van der Waals surface area contributed by atoms with Gasteiger partial charge in [-0.15, -0.1) is 0 Å². The quantitative estimate of drug-likeness (QED) is 0.142. The fourth-order valence-electron chi connectivity index (χ4n) is 3.69. The number of nitrogens with zero attached hydrogens (tertiary/aromatic N) is 3. The first-order valence-electron chi connectivity index (χ1n) is 11.6. The Bertz CT molecular complexity index is 844. The highest BCUT2D eigenvalue weighted by atomic mass is 31.3. The summed E-state index contributed by atoms with van der Waals surface area (Å²) in [6.07, 6.45) is -52.8. The number of rotatable bonds is 12. The molecule has 0 atom stereocenters. The van der Waals surface area contributed by atoms with Gasteiger partial charge >= 0.3 is 37.1 Å². The van der Waals surface area contributed by atoms with E-state index in [1.165, 1.54) is 0 Å². The molecule has 252 valence electrons. The SMILES string of the molecule is FC(F)(F)CCP1(CCC(F)(F)F)=NP(CCC(F)(F)F)(CCC(F)(F)F)=NP(CCC(F)(F)F)(CCC(F)(F)F)=N1. The van der Waals surface area contributed by atoms with Crippen LogP contribution in [-0.2, 0) is 0 Å². The molecule has 0 radical (unpaired) electrons. The molecule has 1 rings (SSSR count). The molecule has 0 aliphatic carbocycles. The molecule has 1 aliphatic heterocycles. The van der Waals surface area contributed by atoms with E-state index in [1.807, 2.05) is 0 Å². The minimum Gasteiger partial charge on any atom is -0.241 e. The second-order valence-electron chi connectivity index (χ2n) is 9.44. The minimum atomic E-state index is -5.21. The van der Waals surface area contributed by atoms with Crippen LogP contribution in [0.5, 0.6) is 0 Å². The molecule has 3 nitrogen and oxygen atoms in total. The van der Waals surface area contributed by atoms with Crippen LogP contribution >= 0.6 is 21.6 Å². The van der Waals surface area contributed by atoms with E-state index in [9.17, 15) is 79.0 Å². The summed E-state index contributed by atoms with van der Waals surface area (Å²) in [5, 5.41) is 0. The average molecular weight is 717 g/mol. The van der Waals surface area contributed by atoms with Crippen molar-refractivity contribution < 1.29 is 79.0 Å². The second-order valence-corrected chi connectivity index (χ2v) is 19.5. The average Bonchev–Trinajstić information content (AvgIpc) is 2.74. The highest BCUT2D eigenvalue weighted by Gasteiger charge is 2.45. The Hall–Kier alpha value is -0.570. The molecule has 0 saturated heterocycles. The fourth-order valence-corrected chi connectivity index (χ4v) is 21.2. The first-order valence-corrected chi connectivity index (χ1v) is 17.8. The number of alkyl halides is 18. The number of halogens is 18. The summed E-state index contributed by atoms with van der Waals surface area (Å²) >= 11 is 0. The van der Waals surface area contributed by atoms with Gasteiger partial charge in [-0.2, -0.15) is 79.0 Å². The summed E-state index contributed by atoms with van der Waals surface area (Å²) in [7, 11) is -14.4. The van der Waals surface area contributed by atoms with Crippen LogP contribution in [0.25, 0.3) is 0 Å². The molecule has 0 fully saturated rings. The van der Waals surface area contributed by atoms with E-state index in [4.69, 9.17) is 0 Å². The van der Waals surface area contributed by atoms with Crippen LogP contribution in [0.3, 0.4) is 0 Å². The fraction of sp³-hybridized carbons (Fsp3) is 1.00. The van der Waals surface area contributed by atoms with Crippen LogP contribution in [-0.4, -0.2) is 74.0 Å². The molecule has 0 aromatic rings. The summed E-state index contributed by atoms with van der Waals surface area (Å²) in [4.78, 5) is 0. The largest absolute Gasteiger partial charge is 0.389 e. The molecule has 24 heteroatoms. The van der Waals surface area contributed by atoms with Crippen molar-refractivity contribution in [2.45, 2.75) is 75.6 Å². The van der Waals surface area contributed by atoms with E-state index in [0.717, 1.165) is 0 Å². The van der Waals surface area contributed by atoms with E-state index < -0.39 is 134 Å². The van der Waals surface area contributed by atoms with Crippen molar-refractivity contribution in [1.82, 2.24) is 0 Å². The first kappa shape index (κ1) is 39.5. The monoisotopic (exact) mass is 717 g/mol. The van der Waals surface area contributed by atoms with Gasteiger partial charge in [0.2, 0.25) is 0 Å². The van der Waals surface area contributed by atoms with Crippen molar-refractivity contribution in [3.05, 3.63) is 0 Å². The van der Waals surface area contributed by atoms with E-state index in [0.29, 0.717) is 0 Å². The molecule has 0 N–H and O–H groups in total. The zero-order valence-corrected chi connectivity index (χ0v) is 23.7. The Morgan fingerprint density at radius 2 is 0.381 bits per heavy atom. The Kier molecular flexibility index (Phi) is 12.6. The van der Waals surface area contributed by atoms with Gasteiger partial charge in [-0.1, -0.05) is 0 Å². The van der Waals surface area contributed by atoms with Crippen LogP contribution in [0.2, 0.25) is 0 Å². The van der Waals surface area contributed by atoms with Gasteiger partial charge in [0, 0.05) is 37.0 Å². The van der Waals surface area contributed by atoms with Crippen molar-refractivity contribution in [2.24, 2.45) is 13.5 Å². The zero-order chi connectivity index (χ0) is 33.1. The van der Waals surface area contributed by atoms with Gasteiger partial charge in [0.05, 0.1) is 60.1 Å². The number of hydrogen-bond acceptors (Lipinski definition) is 3. The molecule has 0 saturated carbocycles. The third-order valence-corrected chi connectivity index (χ3v) is 19.1. The molecule has 0 aromatic heterocycles. The minimum absolute atomic E-state index is 1.55. The van der Waals surface area contributed by atoms with Crippen molar-refractivity contribution in [3.8, 4) is 0 Å². The van der Waals surface area contributed by atoms with E-state index >= 15 is 0 Å². The third kappa shape index (κ3) is 16.5. The molecule has 0 spiro atoms. The van der Waals surface area contributed by atoms with Gasteiger partial charge in [0.25, 0.3) is 0 Å².